The van der Waals surface area contributed by atoms with Gasteiger partial charge >= 0.3 is 0 Å². The number of halogens is 2. The van der Waals surface area contributed by atoms with E-state index in [4.69, 9.17) is 0 Å². The third kappa shape index (κ3) is 3.28. The number of aryl methyl sites for hydroxylation is 3. The van der Waals surface area contributed by atoms with Crippen LogP contribution in [0, 0.1) is 13.8 Å². The minimum absolute atomic E-state index is 0.116. The molecule has 1 N–H and O–H groups in total. The molecule has 1 heterocycles. The summed E-state index contributed by atoms with van der Waals surface area (Å²) in [5, 5.41) is 2.78. The number of carbonyl (C=O) groups excluding carboxylic acids is 1. The maximum Gasteiger partial charge on any atom is 0.273 e. The molecule has 5 heteroatoms. The van der Waals surface area contributed by atoms with Gasteiger partial charge in [0.05, 0.1) is 0 Å². The molecule has 4 rings (SSSR count). The third-order valence-corrected chi connectivity index (χ3v) is 5.26. The van der Waals surface area contributed by atoms with E-state index in [-0.39, 0.29) is 17.9 Å². The molecule has 1 aliphatic rings. The van der Waals surface area contributed by atoms with Crippen LogP contribution in [0.25, 0.3) is 11.1 Å². The molecule has 0 fully saturated rings. The van der Waals surface area contributed by atoms with Crippen LogP contribution in [0.4, 0.5) is 14.6 Å². The summed E-state index contributed by atoms with van der Waals surface area (Å²) in [4.78, 5) is 16.7. The number of pyridine rings is 1. The van der Waals surface area contributed by atoms with Crippen LogP contribution in [-0.4, -0.2) is 10.9 Å². The number of hydrogen-bond donors (Lipinski definition) is 1. The summed E-state index contributed by atoms with van der Waals surface area (Å²) in [5.74, 6) is -2.58. The van der Waals surface area contributed by atoms with Crippen LogP contribution in [0.3, 0.4) is 0 Å². The molecule has 1 amide bonds. The summed E-state index contributed by atoms with van der Waals surface area (Å²) in [7, 11) is 0. The Hall–Kier alpha value is -3.08. The van der Waals surface area contributed by atoms with Crippen LogP contribution >= 0.6 is 0 Å². The smallest absolute Gasteiger partial charge is 0.273 e. The predicted octanol–water partition coefficient (Wildman–Crippen LogP) is 5.66. The second-order valence-corrected chi connectivity index (χ2v) is 7.23. The summed E-state index contributed by atoms with van der Waals surface area (Å²) < 4.78 is 28.2. The molecular weight excluding hydrogens is 358 g/mol. The number of hydrogen-bond acceptors (Lipinski definition) is 2. The van der Waals surface area contributed by atoms with Gasteiger partial charge in [-0.2, -0.15) is 0 Å². The number of rotatable bonds is 3. The van der Waals surface area contributed by atoms with Crippen molar-refractivity contribution in [3.63, 3.8) is 0 Å². The first-order chi connectivity index (χ1) is 13.3. The Morgan fingerprint density at radius 1 is 1.07 bits per heavy atom. The minimum Gasteiger partial charge on any atom is -0.307 e. The number of nitrogens with one attached hydrogen (secondary N) is 1. The van der Waals surface area contributed by atoms with Gasteiger partial charge in [0.1, 0.15) is 5.82 Å². The highest BCUT2D eigenvalue weighted by Crippen LogP contribution is 2.44. The topological polar surface area (TPSA) is 42.0 Å². The molecule has 142 valence electrons. The van der Waals surface area contributed by atoms with Crippen molar-refractivity contribution in [3.8, 4) is 11.1 Å². The first-order valence-corrected chi connectivity index (χ1v) is 9.20. The van der Waals surface area contributed by atoms with Gasteiger partial charge in [0.15, 0.2) is 0 Å². The fraction of sp³-hybridized carbons (Fsp3) is 0.217. The normalized spacial score (nSPS) is 14.6. The van der Waals surface area contributed by atoms with Gasteiger partial charge in [-0.25, -0.2) is 13.8 Å². The van der Waals surface area contributed by atoms with Crippen molar-refractivity contribution >= 4 is 11.7 Å². The average Bonchev–Trinajstić information content (AvgIpc) is 2.96. The fourth-order valence-corrected chi connectivity index (χ4v) is 3.69. The van der Waals surface area contributed by atoms with Crippen LogP contribution in [0.5, 0.6) is 0 Å². The SMILES string of the molecule is Cc1ccccc1C(=O)Nc1ccc(-c2cc3c(cc2C)CCC3(F)F)cn1. The number of amides is 1. The molecule has 0 unspecified atom stereocenters. The number of benzene rings is 2. The Kier molecular flexibility index (Phi) is 4.46. The molecule has 0 aliphatic heterocycles. The summed E-state index contributed by atoms with van der Waals surface area (Å²) in [5.41, 5.74) is 4.74. The molecule has 0 bridgehead atoms. The number of aromatic nitrogens is 1. The zero-order valence-corrected chi connectivity index (χ0v) is 15.7. The largest absolute Gasteiger partial charge is 0.307 e. The lowest BCUT2D eigenvalue weighted by Crippen LogP contribution is -2.14. The number of nitrogens with zero attached hydrogens (tertiary/aromatic N) is 1. The van der Waals surface area contributed by atoms with E-state index in [1.807, 2.05) is 38.1 Å². The number of fused-ring (bicyclic) bond motifs is 1. The van der Waals surface area contributed by atoms with Crippen LogP contribution in [0.1, 0.15) is 39.0 Å². The van der Waals surface area contributed by atoms with E-state index in [0.717, 1.165) is 27.8 Å². The van der Waals surface area contributed by atoms with Gasteiger partial charge in [-0.3, -0.25) is 4.79 Å². The molecule has 28 heavy (non-hydrogen) atoms. The van der Waals surface area contributed by atoms with Gasteiger partial charge in [-0.1, -0.05) is 24.3 Å². The lowest BCUT2D eigenvalue weighted by molar-refractivity contribution is -0.00181. The van der Waals surface area contributed by atoms with E-state index in [1.165, 1.54) is 0 Å². The zero-order valence-electron chi connectivity index (χ0n) is 15.7. The highest BCUT2D eigenvalue weighted by Gasteiger charge is 2.39. The number of carbonyl (C=O) groups is 1. The van der Waals surface area contributed by atoms with Crippen molar-refractivity contribution < 1.29 is 13.6 Å². The molecule has 0 radical (unpaired) electrons. The Morgan fingerprint density at radius 2 is 1.86 bits per heavy atom. The Balaban J connectivity index is 1.59. The van der Waals surface area contributed by atoms with Crippen LogP contribution in [-0.2, 0) is 12.3 Å². The maximum atomic E-state index is 14.1. The van der Waals surface area contributed by atoms with Crippen molar-refractivity contribution in [1.29, 1.82) is 0 Å². The van der Waals surface area contributed by atoms with E-state index in [2.05, 4.69) is 10.3 Å². The van der Waals surface area contributed by atoms with Crippen LogP contribution < -0.4 is 5.32 Å². The van der Waals surface area contributed by atoms with Crippen LogP contribution in [0.15, 0.2) is 54.7 Å². The van der Waals surface area contributed by atoms with Gasteiger partial charge in [-0.05, 0) is 66.8 Å². The van der Waals surface area contributed by atoms with Gasteiger partial charge in [-0.15, -0.1) is 0 Å². The molecule has 2 aromatic carbocycles. The third-order valence-electron chi connectivity index (χ3n) is 5.26. The summed E-state index contributed by atoms with van der Waals surface area (Å²) >= 11 is 0. The van der Waals surface area contributed by atoms with E-state index in [9.17, 15) is 13.6 Å². The highest BCUT2D eigenvalue weighted by atomic mass is 19.3. The van der Waals surface area contributed by atoms with Crippen molar-refractivity contribution in [2.45, 2.75) is 32.6 Å². The van der Waals surface area contributed by atoms with Crippen LogP contribution in [0.2, 0.25) is 0 Å². The van der Waals surface area contributed by atoms with E-state index in [1.54, 1.807) is 30.5 Å². The van der Waals surface area contributed by atoms with E-state index < -0.39 is 5.92 Å². The second kappa shape index (κ2) is 6.82. The van der Waals surface area contributed by atoms with Gasteiger partial charge in [0, 0.05) is 29.3 Å². The number of alkyl halides is 2. The Morgan fingerprint density at radius 3 is 2.57 bits per heavy atom. The first-order valence-electron chi connectivity index (χ1n) is 9.20. The van der Waals surface area contributed by atoms with E-state index in [0.29, 0.717) is 17.8 Å². The highest BCUT2D eigenvalue weighted by molar-refractivity contribution is 6.04. The van der Waals surface area contributed by atoms with Gasteiger partial charge in [0.25, 0.3) is 11.8 Å². The molecule has 3 aromatic rings. The molecule has 0 spiro atoms. The zero-order chi connectivity index (χ0) is 19.9. The quantitative estimate of drug-likeness (QED) is 0.639. The number of anilines is 1. The summed E-state index contributed by atoms with van der Waals surface area (Å²) in [6.07, 6.45) is 1.88. The molecule has 0 saturated heterocycles. The monoisotopic (exact) mass is 378 g/mol. The lowest BCUT2D eigenvalue weighted by atomic mass is 9.96. The predicted molar refractivity (Wildman–Crippen MR) is 106 cm³/mol. The molecule has 1 aromatic heterocycles. The lowest BCUT2D eigenvalue weighted by Gasteiger charge is -2.14. The minimum atomic E-state index is -2.77. The van der Waals surface area contributed by atoms with Crippen molar-refractivity contribution in [1.82, 2.24) is 4.98 Å². The van der Waals surface area contributed by atoms with Gasteiger partial charge in [0.2, 0.25) is 0 Å². The molecule has 1 aliphatic carbocycles. The summed E-state index contributed by atoms with van der Waals surface area (Å²) in [6.45, 7) is 3.79. The average molecular weight is 378 g/mol. The van der Waals surface area contributed by atoms with Gasteiger partial charge < -0.3 is 5.32 Å². The first kappa shape index (κ1) is 18.3. The van der Waals surface area contributed by atoms with Crippen molar-refractivity contribution in [2.24, 2.45) is 0 Å². The summed E-state index contributed by atoms with van der Waals surface area (Å²) in [6, 6.07) is 14.2. The molecule has 3 nitrogen and oxygen atoms in total. The molecular formula is C23H20F2N2O. The van der Waals surface area contributed by atoms with Crippen molar-refractivity contribution in [2.75, 3.05) is 5.32 Å². The second-order valence-electron chi connectivity index (χ2n) is 7.23. The molecule has 0 atom stereocenters. The van der Waals surface area contributed by atoms with E-state index >= 15 is 0 Å². The molecule has 0 saturated carbocycles. The standard InChI is InChI=1S/C23H20F2N2O/c1-14-5-3-4-6-18(14)22(28)27-21-8-7-17(13-26-21)19-12-20-16(11-15(19)2)9-10-23(20,24)25/h3-8,11-13H,9-10H2,1-2H3,(H,26,27,28). The Bertz CT molecular complexity index is 1060. The maximum absolute atomic E-state index is 14.1. The Labute approximate surface area is 162 Å². The van der Waals surface area contributed by atoms with Crippen molar-refractivity contribution in [3.05, 3.63) is 82.5 Å². The fourth-order valence-electron chi connectivity index (χ4n) is 3.69.